The van der Waals surface area contributed by atoms with Crippen molar-refractivity contribution in [3.8, 4) is 0 Å². The van der Waals surface area contributed by atoms with Gasteiger partial charge in [-0.2, -0.15) is 4.98 Å². The van der Waals surface area contributed by atoms with Gasteiger partial charge in [-0.1, -0.05) is 53.7 Å². The molecule has 0 spiro atoms. The summed E-state index contributed by atoms with van der Waals surface area (Å²) in [6.07, 6.45) is 0.584. The number of hydrogen-bond acceptors (Lipinski definition) is 4. The molecule has 5 nitrogen and oxygen atoms in total. The summed E-state index contributed by atoms with van der Waals surface area (Å²) in [5.41, 5.74) is 1.71. The maximum Gasteiger partial charge on any atom is 0.251 e. The Morgan fingerprint density at radius 3 is 2.41 bits per heavy atom. The Kier molecular flexibility index (Phi) is 4.25. The Morgan fingerprint density at radius 2 is 1.68 bits per heavy atom. The normalized spacial score (nSPS) is 10.4. The van der Waals surface area contributed by atoms with E-state index in [4.69, 9.17) is 4.52 Å². The Labute approximate surface area is 128 Å². The Balaban J connectivity index is 1.57. The molecular weight excluding hydrogens is 278 g/mol. The number of rotatable bonds is 5. The van der Waals surface area contributed by atoms with E-state index < -0.39 is 0 Å². The van der Waals surface area contributed by atoms with Gasteiger partial charge in [0.1, 0.15) is 0 Å². The molecule has 0 saturated carbocycles. The van der Waals surface area contributed by atoms with Crippen molar-refractivity contribution < 1.29 is 9.32 Å². The second-order valence-corrected chi connectivity index (χ2v) is 4.82. The Hall–Kier alpha value is -2.95. The quantitative estimate of drug-likeness (QED) is 0.785. The van der Waals surface area contributed by atoms with Crippen molar-refractivity contribution in [2.75, 3.05) is 0 Å². The van der Waals surface area contributed by atoms with E-state index in [-0.39, 0.29) is 12.5 Å². The van der Waals surface area contributed by atoms with Crippen LogP contribution >= 0.6 is 0 Å². The molecule has 0 aliphatic rings. The Morgan fingerprint density at radius 1 is 1.00 bits per heavy atom. The third-order valence-electron chi connectivity index (χ3n) is 3.15. The predicted molar refractivity (Wildman–Crippen MR) is 81.2 cm³/mol. The average Bonchev–Trinajstić information content (AvgIpc) is 3.02. The van der Waals surface area contributed by atoms with E-state index in [1.54, 1.807) is 12.1 Å². The molecule has 22 heavy (non-hydrogen) atoms. The molecule has 110 valence electrons. The van der Waals surface area contributed by atoms with Gasteiger partial charge >= 0.3 is 0 Å². The lowest BCUT2D eigenvalue weighted by molar-refractivity contribution is 0.0949. The summed E-state index contributed by atoms with van der Waals surface area (Å²) in [7, 11) is 0. The minimum atomic E-state index is -0.157. The molecule has 1 heterocycles. The zero-order valence-corrected chi connectivity index (χ0v) is 11.9. The van der Waals surface area contributed by atoms with Gasteiger partial charge in [-0.25, -0.2) is 0 Å². The maximum atomic E-state index is 11.9. The molecule has 0 aliphatic carbocycles. The number of nitrogens with one attached hydrogen (secondary N) is 1. The van der Waals surface area contributed by atoms with Crippen LogP contribution in [0.1, 0.15) is 27.6 Å². The van der Waals surface area contributed by atoms with Crippen LogP contribution in [0.3, 0.4) is 0 Å². The second kappa shape index (κ2) is 6.67. The Bertz CT molecular complexity index is 739. The summed E-state index contributed by atoms with van der Waals surface area (Å²) >= 11 is 0. The molecule has 1 N–H and O–H groups in total. The number of aromatic nitrogens is 2. The number of carbonyl (C=O) groups excluding carboxylic acids is 1. The molecule has 0 unspecified atom stereocenters. The molecule has 0 atom stereocenters. The average molecular weight is 293 g/mol. The fourth-order valence-corrected chi connectivity index (χ4v) is 2.06. The van der Waals surface area contributed by atoms with Crippen molar-refractivity contribution in [2.45, 2.75) is 13.0 Å². The van der Waals surface area contributed by atoms with Crippen molar-refractivity contribution in [3.63, 3.8) is 0 Å². The molecule has 5 heteroatoms. The number of benzene rings is 2. The molecule has 0 bridgehead atoms. The highest BCUT2D eigenvalue weighted by Gasteiger charge is 2.09. The van der Waals surface area contributed by atoms with Crippen LogP contribution in [0.25, 0.3) is 0 Å². The molecule has 0 saturated heterocycles. The van der Waals surface area contributed by atoms with E-state index in [0.717, 1.165) is 5.56 Å². The van der Waals surface area contributed by atoms with Crippen LogP contribution in [-0.4, -0.2) is 16.0 Å². The molecule has 0 radical (unpaired) electrons. The van der Waals surface area contributed by atoms with Gasteiger partial charge in [0, 0.05) is 5.56 Å². The molecule has 0 aliphatic heterocycles. The second-order valence-electron chi connectivity index (χ2n) is 4.82. The highest BCUT2D eigenvalue weighted by Crippen LogP contribution is 2.07. The molecule has 0 fully saturated rings. The van der Waals surface area contributed by atoms with Gasteiger partial charge in [-0.05, 0) is 17.7 Å². The molecule has 1 aromatic heterocycles. The van der Waals surface area contributed by atoms with E-state index in [0.29, 0.717) is 23.7 Å². The zero-order chi connectivity index (χ0) is 15.2. The highest BCUT2D eigenvalue weighted by molar-refractivity contribution is 5.93. The van der Waals surface area contributed by atoms with Gasteiger partial charge in [0.25, 0.3) is 5.91 Å². The first-order chi connectivity index (χ1) is 10.8. The van der Waals surface area contributed by atoms with E-state index >= 15 is 0 Å². The van der Waals surface area contributed by atoms with Gasteiger partial charge < -0.3 is 9.84 Å². The van der Waals surface area contributed by atoms with E-state index in [1.807, 2.05) is 48.5 Å². The first kappa shape index (κ1) is 14.0. The topological polar surface area (TPSA) is 68.0 Å². The van der Waals surface area contributed by atoms with Crippen LogP contribution in [0.5, 0.6) is 0 Å². The van der Waals surface area contributed by atoms with Crippen LogP contribution in [0.2, 0.25) is 0 Å². The van der Waals surface area contributed by atoms with Crippen molar-refractivity contribution in [2.24, 2.45) is 0 Å². The van der Waals surface area contributed by atoms with Crippen LogP contribution in [0.4, 0.5) is 0 Å². The molecule has 1 amide bonds. The van der Waals surface area contributed by atoms with Gasteiger partial charge in [-0.3, -0.25) is 4.79 Å². The number of carbonyl (C=O) groups is 1. The minimum Gasteiger partial charge on any atom is -0.345 e. The number of nitrogens with zero attached hydrogens (tertiary/aromatic N) is 2. The van der Waals surface area contributed by atoms with E-state index in [9.17, 15) is 4.79 Å². The summed E-state index contributed by atoms with van der Waals surface area (Å²) < 4.78 is 5.19. The number of amides is 1. The smallest absolute Gasteiger partial charge is 0.251 e. The summed E-state index contributed by atoms with van der Waals surface area (Å²) in [6, 6.07) is 18.9. The first-order valence-corrected chi connectivity index (χ1v) is 7.00. The summed E-state index contributed by atoms with van der Waals surface area (Å²) in [5.74, 6) is 0.848. The molecule has 3 rings (SSSR count). The SMILES string of the molecule is O=C(NCc1noc(Cc2ccccc2)n1)c1ccccc1. The molecule has 3 aromatic rings. The van der Waals surface area contributed by atoms with Crippen molar-refractivity contribution in [1.82, 2.24) is 15.5 Å². The largest absolute Gasteiger partial charge is 0.345 e. The van der Waals surface area contributed by atoms with Crippen molar-refractivity contribution in [1.29, 1.82) is 0 Å². The predicted octanol–water partition coefficient (Wildman–Crippen LogP) is 2.59. The fraction of sp³-hybridized carbons (Fsp3) is 0.118. The van der Waals surface area contributed by atoms with Gasteiger partial charge in [0.15, 0.2) is 5.82 Å². The van der Waals surface area contributed by atoms with Crippen LogP contribution in [0.15, 0.2) is 65.2 Å². The van der Waals surface area contributed by atoms with Crippen molar-refractivity contribution >= 4 is 5.91 Å². The van der Waals surface area contributed by atoms with Crippen molar-refractivity contribution in [3.05, 3.63) is 83.5 Å². The standard InChI is InChI=1S/C17H15N3O2/c21-17(14-9-5-2-6-10-14)18-12-15-19-16(22-20-15)11-13-7-3-1-4-8-13/h1-10H,11-12H2,(H,18,21). The lowest BCUT2D eigenvalue weighted by Crippen LogP contribution is -2.23. The lowest BCUT2D eigenvalue weighted by Gasteiger charge is -2.01. The zero-order valence-electron chi connectivity index (χ0n) is 11.9. The number of hydrogen-bond donors (Lipinski definition) is 1. The van der Waals surface area contributed by atoms with Gasteiger partial charge in [0.05, 0.1) is 13.0 Å². The molecular formula is C17H15N3O2. The lowest BCUT2D eigenvalue weighted by atomic mass is 10.1. The summed E-state index contributed by atoms with van der Waals surface area (Å²) in [5, 5.41) is 6.65. The van der Waals surface area contributed by atoms with Crippen LogP contribution in [-0.2, 0) is 13.0 Å². The third kappa shape index (κ3) is 3.58. The van der Waals surface area contributed by atoms with E-state index in [1.165, 1.54) is 0 Å². The van der Waals surface area contributed by atoms with Crippen LogP contribution < -0.4 is 5.32 Å². The third-order valence-corrected chi connectivity index (χ3v) is 3.15. The van der Waals surface area contributed by atoms with Gasteiger partial charge in [0.2, 0.25) is 5.89 Å². The summed E-state index contributed by atoms with van der Waals surface area (Å²) in [6.45, 7) is 0.242. The maximum absolute atomic E-state index is 11.9. The van der Waals surface area contributed by atoms with E-state index in [2.05, 4.69) is 15.5 Å². The van der Waals surface area contributed by atoms with Crippen LogP contribution in [0, 0.1) is 0 Å². The van der Waals surface area contributed by atoms with Gasteiger partial charge in [-0.15, -0.1) is 0 Å². The first-order valence-electron chi connectivity index (χ1n) is 7.00. The fourth-order valence-electron chi connectivity index (χ4n) is 2.06. The highest BCUT2D eigenvalue weighted by atomic mass is 16.5. The minimum absolute atomic E-state index is 0.157. The molecule has 2 aromatic carbocycles. The summed E-state index contributed by atoms with van der Waals surface area (Å²) in [4.78, 5) is 16.2. The monoisotopic (exact) mass is 293 g/mol.